The molecule has 5 nitrogen and oxygen atoms in total. The molecule has 4 rings (SSSR count). The zero-order valence-electron chi connectivity index (χ0n) is 14.7. The number of nitrogens with one attached hydrogen (secondary N) is 1. The highest BCUT2D eigenvalue weighted by Crippen LogP contribution is 2.35. The van der Waals surface area contributed by atoms with Gasteiger partial charge in [0.05, 0.1) is 12.7 Å². The molecule has 0 amide bonds. The van der Waals surface area contributed by atoms with Gasteiger partial charge in [0.1, 0.15) is 17.8 Å². The Labute approximate surface area is 164 Å². The summed E-state index contributed by atoms with van der Waals surface area (Å²) in [7, 11) is 1.33. The lowest BCUT2D eigenvalue weighted by atomic mass is 10.1. The predicted octanol–water partition coefficient (Wildman–Crippen LogP) is 4.17. The molecule has 0 radical (unpaired) electrons. The number of benzene rings is 2. The fourth-order valence-electron chi connectivity index (χ4n) is 2.91. The smallest absolute Gasteiger partial charge is 0.337 e. The fraction of sp³-hybridized carbons (Fsp3) is 0.100. The molecule has 1 unspecified atom stereocenters. The first-order chi connectivity index (χ1) is 13.5. The van der Waals surface area contributed by atoms with Crippen LogP contribution in [-0.4, -0.2) is 23.8 Å². The minimum atomic E-state index is -0.612. The maximum atomic E-state index is 14.0. The van der Waals surface area contributed by atoms with Crippen molar-refractivity contribution in [1.82, 2.24) is 10.3 Å². The lowest BCUT2D eigenvalue weighted by Crippen LogP contribution is -2.29. The highest BCUT2D eigenvalue weighted by molar-refractivity contribution is 8.03. The van der Waals surface area contributed by atoms with E-state index < -0.39 is 17.6 Å². The van der Waals surface area contributed by atoms with Crippen LogP contribution in [0.4, 0.5) is 8.78 Å². The highest BCUT2D eigenvalue weighted by Gasteiger charge is 2.29. The fourth-order valence-corrected chi connectivity index (χ4v) is 3.76. The molecule has 8 heteroatoms. The number of rotatable bonds is 4. The molecule has 1 atom stereocenters. The van der Waals surface area contributed by atoms with Gasteiger partial charge in [-0.1, -0.05) is 23.9 Å². The number of methoxy groups -OCH3 is 1. The highest BCUT2D eigenvalue weighted by atomic mass is 32.2. The zero-order chi connectivity index (χ0) is 19.7. The molecule has 0 spiro atoms. The van der Waals surface area contributed by atoms with Crippen molar-refractivity contribution in [2.24, 2.45) is 5.10 Å². The average Bonchev–Trinajstić information content (AvgIpc) is 3.13. The third-order valence-electron chi connectivity index (χ3n) is 4.25. The lowest BCUT2D eigenvalue weighted by molar-refractivity contribution is 0.0600. The maximum Gasteiger partial charge on any atom is 0.337 e. The Morgan fingerprint density at radius 2 is 2.07 bits per heavy atom. The van der Waals surface area contributed by atoms with Crippen LogP contribution in [0, 0.1) is 11.6 Å². The van der Waals surface area contributed by atoms with Crippen molar-refractivity contribution in [1.29, 1.82) is 0 Å². The van der Waals surface area contributed by atoms with Gasteiger partial charge in [-0.05, 0) is 42.0 Å². The van der Waals surface area contributed by atoms with Gasteiger partial charge in [-0.3, -0.25) is 5.43 Å². The second kappa shape index (κ2) is 7.47. The first-order valence-electron chi connectivity index (χ1n) is 8.38. The third kappa shape index (κ3) is 3.50. The van der Waals surface area contributed by atoms with Crippen molar-refractivity contribution >= 4 is 23.6 Å². The summed E-state index contributed by atoms with van der Waals surface area (Å²) in [4.78, 5) is 14.8. The number of amidine groups is 1. The SMILES string of the molecule is COC(=O)c1cccc(C2NN=C3C=CC(Sc4ccc(F)cc4F)=CN32)c1. The molecule has 2 aliphatic rings. The standard InChI is InChI=1S/C20H15F2N3O2S/c1-27-20(26)13-4-2-3-12(9-13)19-24-23-18-8-6-15(11-25(18)19)28-17-7-5-14(21)10-16(17)22/h2-11,19,24H,1H3. The Bertz CT molecular complexity index is 1040. The number of halogens is 2. The number of allylic oxidation sites excluding steroid dienone is 1. The van der Waals surface area contributed by atoms with Crippen molar-refractivity contribution in [3.8, 4) is 0 Å². The van der Waals surface area contributed by atoms with E-state index in [0.717, 1.165) is 16.5 Å². The van der Waals surface area contributed by atoms with Crippen LogP contribution in [0.1, 0.15) is 22.1 Å². The van der Waals surface area contributed by atoms with E-state index in [1.165, 1.54) is 31.0 Å². The van der Waals surface area contributed by atoms with Crippen LogP contribution in [0.25, 0.3) is 0 Å². The lowest BCUT2D eigenvalue weighted by Gasteiger charge is -2.26. The van der Waals surface area contributed by atoms with Gasteiger partial charge in [0, 0.05) is 22.1 Å². The molecule has 0 saturated heterocycles. The second-order valence-corrected chi connectivity index (χ2v) is 7.18. The zero-order valence-corrected chi connectivity index (χ0v) is 15.5. The third-order valence-corrected chi connectivity index (χ3v) is 5.28. The molecule has 0 fully saturated rings. The summed E-state index contributed by atoms with van der Waals surface area (Å²) in [6.07, 6.45) is 5.14. The van der Waals surface area contributed by atoms with Crippen molar-refractivity contribution in [2.45, 2.75) is 11.1 Å². The summed E-state index contributed by atoms with van der Waals surface area (Å²) in [5.74, 6) is -0.949. The number of fused-ring (bicyclic) bond motifs is 1. The predicted molar refractivity (Wildman–Crippen MR) is 102 cm³/mol. The maximum absolute atomic E-state index is 14.0. The molecule has 2 aromatic carbocycles. The minimum Gasteiger partial charge on any atom is -0.465 e. The number of hydrazone groups is 1. The van der Waals surface area contributed by atoms with Crippen molar-refractivity contribution in [3.05, 3.63) is 88.5 Å². The Kier molecular flexibility index (Phi) is 4.87. The number of hydrogen-bond acceptors (Lipinski definition) is 6. The monoisotopic (exact) mass is 399 g/mol. The van der Waals surface area contributed by atoms with Crippen LogP contribution < -0.4 is 5.43 Å². The van der Waals surface area contributed by atoms with E-state index in [1.54, 1.807) is 24.3 Å². The van der Waals surface area contributed by atoms with Gasteiger partial charge in [-0.15, -0.1) is 0 Å². The normalized spacial score (nSPS) is 17.5. The Morgan fingerprint density at radius 3 is 2.86 bits per heavy atom. The first-order valence-corrected chi connectivity index (χ1v) is 9.19. The molecule has 0 aliphatic carbocycles. The molecule has 0 aromatic heterocycles. The number of ether oxygens (including phenoxy) is 1. The van der Waals surface area contributed by atoms with E-state index in [-0.39, 0.29) is 6.17 Å². The van der Waals surface area contributed by atoms with Crippen LogP contribution in [-0.2, 0) is 4.74 Å². The van der Waals surface area contributed by atoms with E-state index in [4.69, 9.17) is 4.74 Å². The number of nitrogens with zero attached hydrogens (tertiary/aromatic N) is 2. The molecule has 1 N–H and O–H groups in total. The van der Waals surface area contributed by atoms with E-state index in [0.29, 0.717) is 16.3 Å². The first kappa shape index (κ1) is 18.2. The Hall–Kier alpha value is -3.13. The summed E-state index contributed by atoms with van der Waals surface area (Å²) < 4.78 is 31.8. The molecule has 2 aliphatic heterocycles. The molecular weight excluding hydrogens is 384 g/mol. The summed E-state index contributed by atoms with van der Waals surface area (Å²) in [6, 6.07) is 10.6. The van der Waals surface area contributed by atoms with Crippen LogP contribution in [0.2, 0.25) is 0 Å². The largest absolute Gasteiger partial charge is 0.465 e. The van der Waals surface area contributed by atoms with Crippen LogP contribution >= 0.6 is 11.8 Å². The van der Waals surface area contributed by atoms with Crippen LogP contribution in [0.5, 0.6) is 0 Å². The van der Waals surface area contributed by atoms with Gasteiger partial charge in [0.25, 0.3) is 0 Å². The minimum absolute atomic E-state index is 0.321. The molecule has 142 valence electrons. The van der Waals surface area contributed by atoms with Gasteiger partial charge in [-0.2, -0.15) is 5.10 Å². The molecule has 2 heterocycles. The Balaban J connectivity index is 1.59. The average molecular weight is 399 g/mol. The summed E-state index contributed by atoms with van der Waals surface area (Å²) >= 11 is 1.19. The van der Waals surface area contributed by atoms with Crippen LogP contribution in [0.15, 0.2) is 75.7 Å². The number of hydrogen-bond donors (Lipinski definition) is 1. The number of thioether (sulfide) groups is 1. The van der Waals surface area contributed by atoms with E-state index in [1.807, 2.05) is 23.2 Å². The van der Waals surface area contributed by atoms with Gasteiger partial charge in [0.2, 0.25) is 0 Å². The number of esters is 1. The van der Waals surface area contributed by atoms with Gasteiger partial charge in [-0.25, -0.2) is 13.6 Å². The van der Waals surface area contributed by atoms with E-state index in [9.17, 15) is 13.6 Å². The van der Waals surface area contributed by atoms with Crippen molar-refractivity contribution in [3.63, 3.8) is 0 Å². The number of carbonyl (C=O) groups is 1. The molecular formula is C20H15F2N3O2S. The van der Waals surface area contributed by atoms with Gasteiger partial charge >= 0.3 is 5.97 Å². The summed E-state index contributed by atoms with van der Waals surface area (Å²) in [5, 5.41) is 4.29. The van der Waals surface area contributed by atoms with Gasteiger partial charge in [0.15, 0.2) is 5.84 Å². The molecule has 0 saturated carbocycles. The molecule has 28 heavy (non-hydrogen) atoms. The second-order valence-electron chi connectivity index (χ2n) is 6.07. The Morgan fingerprint density at radius 1 is 1.21 bits per heavy atom. The topological polar surface area (TPSA) is 53.9 Å². The van der Waals surface area contributed by atoms with Crippen molar-refractivity contribution < 1.29 is 18.3 Å². The quantitative estimate of drug-likeness (QED) is 0.782. The summed E-state index contributed by atoms with van der Waals surface area (Å²) in [6.45, 7) is 0. The van der Waals surface area contributed by atoms with Crippen LogP contribution in [0.3, 0.4) is 0 Å². The number of carbonyl (C=O) groups excluding carboxylic acids is 1. The molecule has 2 aromatic rings. The molecule has 0 bridgehead atoms. The summed E-state index contributed by atoms with van der Waals surface area (Å²) in [5.41, 5.74) is 4.30. The van der Waals surface area contributed by atoms with Crippen molar-refractivity contribution in [2.75, 3.05) is 7.11 Å². The van der Waals surface area contributed by atoms with Gasteiger partial charge < -0.3 is 9.64 Å². The van der Waals surface area contributed by atoms with E-state index >= 15 is 0 Å². The van der Waals surface area contributed by atoms with E-state index in [2.05, 4.69) is 10.5 Å².